The molecule has 3 amide bonds. The van der Waals surface area contributed by atoms with Gasteiger partial charge in [-0.05, 0) is 18.4 Å². The highest BCUT2D eigenvalue weighted by Crippen LogP contribution is 2.14. The lowest BCUT2D eigenvalue weighted by atomic mass is 10.0. The first kappa shape index (κ1) is 18.9. The second-order valence-electron chi connectivity index (χ2n) is 7.92. The largest absolute Gasteiger partial charge is 0.336 e. The van der Waals surface area contributed by atoms with Gasteiger partial charge in [-0.3, -0.25) is 9.69 Å². The van der Waals surface area contributed by atoms with E-state index in [1.165, 1.54) is 20.9 Å². The summed E-state index contributed by atoms with van der Waals surface area (Å²) in [6.45, 7) is 12.6. The lowest BCUT2D eigenvalue weighted by Crippen LogP contribution is -3.29. The van der Waals surface area contributed by atoms with Crippen LogP contribution in [-0.2, 0) is 11.3 Å². The Morgan fingerprint density at radius 2 is 1.77 bits per heavy atom. The SMILES string of the molecule is CC(C)c1ccc(C[NH+]2CC[NH+]([C@@H](C)C(=O)N3CCNC3=O)CC2)cc1. The summed E-state index contributed by atoms with van der Waals surface area (Å²) < 4.78 is 0. The van der Waals surface area contributed by atoms with Crippen molar-refractivity contribution in [2.45, 2.75) is 39.3 Å². The lowest BCUT2D eigenvalue weighted by Gasteiger charge is -2.33. The number of nitrogens with zero attached hydrogens (tertiary/aromatic N) is 1. The van der Waals surface area contributed by atoms with E-state index in [1.807, 2.05) is 6.92 Å². The van der Waals surface area contributed by atoms with Crippen molar-refractivity contribution in [2.75, 3.05) is 39.3 Å². The minimum absolute atomic E-state index is 0.0391. The van der Waals surface area contributed by atoms with Gasteiger partial charge < -0.3 is 15.1 Å². The Labute approximate surface area is 156 Å². The van der Waals surface area contributed by atoms with Crippen molar-refractivity contribution in [1.82, 2.24) is 10.2 Å². The molecule has 3 rings (SSSR count). The van der Waals surface area contributed by atoms with Crippen molar-refractivity contribution in [3.63, 3.8) is 0 Å². The molecular weight excluding hydrogens is 328 g/mol. The van der Waals surface area contributed by atoms with E-state index in [-0.39, 0.29) is 18.0 Å². The Bertz CT molecular complexity index is 636. The number of carbonyl (C=O) groups is 2. The number of urea groups is 1. The van der Waals surface area contributed by atoms with Crippen molar-refractivity contribution >= 4 is 11.9 Å². The van der Waals surface area contributed by atoms with Gasteiger partial charge in [0, 0.05) is 18.7 Å². The summed E-state index contributed by atoms with van der Waals surface area (Å²) in [5, 5.41) is 2.71. The van der Waals surface area contributed by atoms with Crippen LogP contribution in [0.1, 0.15) is 37.8 Å². The van der Waals surface area contributed by atoms with Crippen molar-refractivity contribution in [3.8, 4) is 0 Å². The van der Waals surface area contributed by atoms with E-state index in [1.54, 1.807) is 4.90 Å². The third-order valence-corrected chi connectivity index (χ3v) is 5.81. The molecule has 0 saturated carbocycles. The summed E-state index contributed by atoms with van der Waals surface area (Å²) in [6, 6.07) is 8.59. The lowest BCUT2D eigenvalue weighted by molar-refractivity contribution is -1.02. The molecule has 2 aliphatic rings. The van der Waals surface area contributed by atoms with Gasteiger partial charge in [-0.1, -0.05) is 38.1 Å². The number of quaternary nitrogens is 2. The fraction of sp³-hybridized carbons (Fsp3) is 0.600. The van der Waals surface area contributed by atoms with Gasteiger partial charge in [0.1, 0.15) is 32.7 Å². The molecule has 6 heteroatoms. The summed E-state index contributed by atoms with van der Waals surface area (Å²) in [6.07, 6.45) is 0. The molecule has 2 aliphatic heterocycles. The first-order chi connectivity index (χ1) is 12.5. The fourth-order valence-corrected chi connectivity index (χ4v) is 3.93. The average Bonchev–Trinajstić information content (AvgIpc) is 3.07. The van der Waals surface area contributed by atoms with E-state index >= 15 is 0 Å². The Kier molecular flexibility index (Phi) is 5.94. The molecule has 2 heterocycles. The number of piperazine rings is 1. The molecule has 0 spiro atoms. The molecular formula is C20H32N4O2+2. The van der Waals surface area contributed by atoms with Gasteiger partial charge in [0.2, 0.25) is 0 Å². The minimum Gasteiger partial charge on any atom is -0.336 e. The summed E-state index contributed by atoms with van der Waals surface area (Å²) >= 11 is 0. The quantitative estimate of drug-likeness (QED) is 0.633. The molecule has 0 bridgehead atoms. The van der Waals surface area contributed by atoms with Crippen LogP contribution in [0.4, 0.5) is 4.79 Å². The highest BCUT2D eigenvalue weighted by atomic mass is 16.2. The monoisotopic (exact) mass is 360 g/mol. The van der Waals surface area contributed by atoms with Gasteiger partial charge >= 0.3 is 6.03 Å². The zero-order valence-electron chi connectivity index (χ0n) is 16.2. The molecule has 26 heavy (non-hydrogen) atoms. The van der Waals surface area contributed by atoms with Crippen LogP contribution in [0, 0.1) is 0 Å². The molecule has 1 atom stereocenters. The van der Waals surface area contributed by atoms with Gasteiger partial charge in [0.05, 0.1) is 0 Å². The third kappa shape index (κ3) is 4.24. The number of hydrogen-bond acceptors (Lipinski definition) is 2. The van der Waals surface area contributed by atoms with E-state index in [0.29, 0.717) is 19.0 Å². The number of nitrogens with one attached hydrogen (secondary N) is 3. The van der Waals surface area contributed by atoms with E-state index in [0.717, 1.165) is 32.7 Å². The zero-order chi connectivity index (χ0) is 18.7. The Hall–Kier alpha value is -1.92. The molecule has 6 nitrogen and oxygen atoms in total. The zero-order valence-corrected chi connectivity index (χ0v) is 16.2. The van der Waals surface area contributed by atoms with Crippen LogP contribution in [0.5, 0.6) is 0 Å². The smallest absolute Gasteiger partial charge is 0.324 e. The van der Waals surface area contributed by atoms with Crippen molar-refractivity contribution < 1.29 is 19.4 Å². The number of rotatable bonds is 5. The molecule has 2 fully saturated rings. The van der Waals surface area contributed by atoms with Gasteiger partial charge in [0.25, 0.3) is 5.91 Å². The maximum Gasteiger partial charge on any atom is 0.324 e. The number of benzene rings is 1. The van der Waals surface area contributed by atoms with Gasteiger partial charge in [0.15, 0.2) is 6.04 Å². The Morgan fingerprint density at radius 1 is 1.12 bits per heavy atom. The topological polar surface area (TPSA) is 58.3 Å². The molecule has 0 aliphatic carbocycles. The second-order valence-corrected chi connectivity index (χ2v) is 7.92. The molecule has 0 aromatic heterocycles. The number of imide groups is 1. The minimum atomic E-state index is -0.240. The predicted molar refractivity (Wildman–Crippen MR) is 100 cm³/mol. The first-order valence-electron chi connectivity index (χ1n) is 9.82. The standard InChI is InChI=1S/C20H30N4O2/c1-15(2)18-6-4-17(5-7-18)14-22-10-12-23(13-11-22)16(3)19(25)24-9-8-21-20(24)26/h4-7,15-16H,8-14H2,1-3H3,(H,21,26)/p+2/t16-/m0/s1. The number of amides is 3. The van der Waals surface area contributed by atoms with Crippen LogP contribution in [0.15, 0.2) is 24.3 Å². The van der Waals surface area contributed by atoms with Gasteiger partial charge in [-0.15, -0.1) is 0 Å². The van der Waals surface area contributed by atoms with Gasteiger partial charge in [-0.25, -0.2) is 4.79 Å². The number of carbonyl (C=O) groups excluding carboxylic acids is 2. The number of hydrogen-bond donors (Lipinski definition) is 3. The molecule has 0 unspecified atom stereocenters. The van der Waals surface area contributed by atoms with Crippen LogP contribution in [0.25, 0.3) is 0 Å². The first-order valence-corrected chi connectivity index (χ1v) is 9.82. The summed E-state index contributed by atoms with van der Waals surface area (Å²) in [4.78, 5) is 28.5. The van der Waals surface area contributed by atoms with Crippen molar-refractivity contribution in [1.29, 1.82) is 0 Å². The maximum absolute atomic E-state index is 12.6. The van der Waals surface area contributed by atoms with Crippen molar-refractivity contribution in [2.24, 2.45) is 0 Å². The van der Waals surface area contributed by atoms with Crippen LogP contribution in [0.3, 0.4) is 0 Å². The second kappa shape index (κ2) is 8.18. The van der Waals surface area contributed by atoms with Crippen LogP contribution < -0.4 is 15.1 Å². The molecule has 0 radical (unpaired) electrons. The molecule has 2 saturated heterocycles. The van der Waals surface area contributed by atoms with Crippen LogP contribution in [-0.4, -0.2) is 62.1 Å². The fourth-order valence-electron chi connectivity index (χ4n) is 3.93. The predicted octanol–water partition coefficient (Wildman–Crippen LogP) is -0.966. The van der Waals surface area contributed by atoms with Crippen LogP contribution >= 0.6 is 0 Å². The third-order valence-electron chi connectivity index (χ3n) is 5.81. The highest BCUT2D eigenvalue weighted by Gasteiger charge is 2.37. The van der Waals surface area contributed by atoms with Gasteiger partial charge in [-0.2, -0.15) is 0 Å². The molecule has 1 aromatic rings. The Balaban J connectivity index is 1.49. The van der Waals surface area contributed by atoms with E-state index in [2.05, 4.69) is 43.4 Å². The molecule has 3 N–H and O–H groups in total. The summed E-state index contributed by atoms with van der Waals surface area (Å²) in [5.74, 6) is 0.531. The molecule has 142 valence electrons. The van der Waals surface area contributed by atoms with E-state index < -0.39 is 0 Å². The average molecular weight is 361 g/mol. The van der Waals surface area contributed by atoms with Crippen LogP contribution in [0.2, 0.25) is 0 Å². The normalized spacial score (nSPS) is 24.6. The maximum atomic E-state index is 12.6. The van der Waals surface area contributed by atoms with Crippen molar-refractivity contribution in [3.05, 3.63) is 35.4 Å². The highest BCUT2D eigenvalue weighted by molar-refractivity contribution is 5.97. The molecule has 1 aromatic carbocycles. The van der Waals surface area contributed by atoms with E-state index in [9.17, 15) is 9.59 Å². The van der Waals surface area contributed by atoms with E-state index in [4.69, 9.17) is 0 Å². The Morgan fingerprint density at radius 3 is 2.31 bits per heavy atom. The summed E-state index contributed by atoms with van der Waals surface area (Å²) in [5.41, 5.74) is 2.77. The summed E-state index contributed by atoms with van der Waals surface area (Å²) in [7, 11) is 0.